The second-order valence-corrected chi connectivity index (χ2v) is 5.56. The fourth-order valence-electron chi connectivity index (χ4n) is 2.17. The molecule has 0 heterocycles. The van der Waals surface area contributed by atoms with Crippen LogP contribution in [0.1, 0.15) is 17.3 Å². The first-order chi connectivity index (χ1) is 11.8. The Morgan fingerprint density at radius 1 is 1.04 bits per heavy atom. The highest BCUT2D eigenvalue weighted by atomic mass is 35.5. The van der Waals surface area contributed by atoms with Gasteiger partial charge in [0.2, 0.25) is 5.91 Å². The Morgan fingerprint density at radius 3 is 2.28 bits per heavy atom. The zero-order valence-corrected chi connectivity index (χ0v) is 13.9. The SMILES string of the molecule is CC(=O)N(CCNC(=O)c1ccc(F)c(F)c1F)c1ccc(Cl)cc1. The fraction of sp³-hybridized carbons (Fsp3) is 0.176. The molecule has 2 aromatic rings. The molecule has 0 spiro atoms. The number of nitrogens with zero attached hydrogens (tertiary/aromatic N) is 1. The highest BCUT2D eigenvalue weighted by Crippen LogP contribution is 2.18. The van der Waals surface area contributed by atoms with Gasteiger partial charge in [0.25, 0.3) is 5.91 Å². The van der Waals surface area contributed by atoms with Gasteiger partial charge in [0.1, 0.15) is 0 Å². The molecule has 0 aliphatic heterocycles. The van der Waals surface area contributed by atoms with Crippen molar-refractivity contribution in [1.29, 1.82) is 0 Å². The average molecular weight is 371 g/mol. The minimum absolute atomic E-state index is 0.0144. The molecule has 0 aliphatic carbocycles. The maximum atomic E-state index is 13.6. The number of hydrogen-bond donors (Lipinski definition) is 1. The molecule has 2 amide bonds. The summed E-state index contributed by atoms with van der Waals surface area (Å²) in [7, 11) is 0. The van der Waals surface area contributed by atoms with Crippen LogP contribution in [-0.4, -0.2) is 24.9 Å². The summed E-state index contributed by atoms with van der Waals surface area (Å²) in [5.74, 6) is -5.82. The summed E-state index contributed by atoms with van der Waals surface area (Å²) in [6.07, 6.45) is 0. The van der Waals surface area contributed by atoms with Crippen LogP contribution in [-0.2, 0) is 4.79 Å². The molecule has 25 heavy (non-hydrogen) atoms. The highest BCUT2D eigenvalue weighted by molar-refractivity contribution is 6.30. The fourth-order valence-corrected chi connectivity index (χ4v) is 2.29. The van der Waals surface area contributed by atoms with E-state index < -0.39 is 28.9 Å². The lowest BCUT2D eigenvalue weighted by Gasteiger charge is -2.21. The van der Waals surface area contributed by atoms with Crippen LogP contribution in [0, 0.1) is 17.5 Å². The van der Waals surface area contributed by atoms with E-state index in [9.17, 15) is 22.8 Å². The van der Waals surface area contributed by atoms with Crippen LogP contribution < -0.4 is 10.2 Å². The van der Waals surface area contributed by atoms with Gasteiger partial charge in [-0.15, -0.1) is 0 Å². The van der Waals surface area contributed by atoms with Gasteiger partial charge >= 0.3 is 0 Å². The first kappa shape index (κ1) is 18.8. The Bertz CT molecular complexity index is 797. The van der Waals surface area contributed by atoms with Crippen molar-refractivity contribution in [1.82, 2.24) is 5.32 Å². The third-order valence-electron chi connectivity index (χ3n) is 3.42. The van der Waals surface area contributed by atoms with Crippen LogP contribution in [0.2, 0.25) is 5.02 Å². The van der Waals surface area contributed by atoms with Gasteiger partial charge in [0.05, 0.1) is 5.56 Å². The predicted octanol–water partition coefficient (Wildman–Crippen LogP) is 3.54. The van der Waals surface area contributed by atoms with Crippen molar-refractivity contribution in [3.8, 4) is 0 Å². The van der Waals surface area contributed by atoms with Crippen LogP contribution in [0.5, 0.6) is 0 Å². The summed E-state index contributed by atoms with van der Waals surface area (Å²) in [6.45, 7) is 1.44. The summed E-state index contributed by atoms with van der Waals surface area (Å²) in [5, 5.41) is 2.87. The maximum absolute atomic E-state index is 13.6. The first-order valence-corrected chi connectivity index (χ1v) is 7.64. The zero-order valence-electron chi connectivity index (χ0n) is 13.2. The summed E-state index contributed by atoms with van der Waals surface area (Å²) < 4.78 is 39.6. The smallest absolute Gasteiger partial charge is 0.254 e. The normalized spacial score (nSPS) is 10.4. The molecule has 0 bridgehead atoms. The van der Waals surface area contributed by atoms with Gasteiger partial charge in [-0.3, -0.25) is 9.59 Å². The number of nitrogens with one attached hydrogen (secondary N) is 1. The van der Waals surface area contributed by atoms with Crippen molar-refractivity contribution in [3.63, 3.8) is 0 Å². The van der Waals surface area contributed by atoms with E-state index in [2.05, 4.69) is 5.32 Å². The number of amides is 2. The molecule has 1 N–H and O–H groups in total. The van der Waals surface area contributed by atoms with Gasteiger partial charge in [-0.2, -0.15) is 0 Å². The highest BCUT2D eigenvalue weighted by Gasteiger charge is 2.19. The second-order valence-electron chi connectivity index (χ2n) is 5.13. The van der Waals surface area contributed by atoms with Crippen molar-refractivity contribution in [3.05, 3.63) is 64.4 Å². The first-order valence-electron chi connectivity index (χ1n) is 7.26. The zero-order chi connectivity index (χ0) is 18.6. The van der Waals surface area contributed by atoms with Crippen LogP contribution in [0.4, 0.5) is 18.9 Å². The number of rotatable bonds is 5. The quantitative estimate of drug-likeness (QED) is 0.818. The standard InChI is InChI=1S/C17H14ClF3N2O2/c1-10(24)23(12-4-2-11(18)3-5-12)9-8-22-17(25)13-6-7-14(19)16(21)15(13)20/h2-7H,8-9H2,1H3,(H,22,25). The number of carbonyl (C=O) groups is 2. The topological polar surface area (TPSA) is 49.4 Å². The molecule has 4 nitrogen and oxygen atoms in total. The van der Waals surface area contributed by atoms with E-state index in [-0.39, 0.29) is 19.0 Å². The van der Waals surface area contributed by atoms with Gasteiger partial charge < -0.3 is 10.2 Å². The van der Waals surface area contributed by atoms with Crippen LogP contribution in [0.3, 0.4) is 0 Å². The lowest BCUT2D eigenvalue weighted by atomic mass is 10.2. The molecular weight excluding hydrogens is 357 g/mol. The number of carbonyl (C=O) groups excluding carboxylic acids is 2. The Kier molecular flexibility index (Phi) is 6.03. The monoisotopic (exact) mass is 370 g/mol. The van der Waals surface area contributed by atoms with Gasteiger partial charge in [0, 0.05) is 30.7 Å². The number of halogens is 4. The van der Waals surface area contributed by atoms with Crippen LogP contribution >= 0.6 is 11.6 Å². The Morgan fingerprint density at radius 2 is 1.68 bits per heavy atom. The molecule has 0 aromatic heterocycles. The summed E-state index contributed by atoms with van der Waals surface area (Å²) in [6, 6.07) is 8.03. The summed E-state index contributed by atoms with van der Waals surface area (Å²) in [5.41, 5.74) is -0.0371. The molecule has 0 aliphatic rings. The molecule has 8 heteroatoms. The molecule has 0 saturated heterocycles. The van der Waals surface area contributed by atoms with Crippen LogP contribution in [0.25, 0.3) is 0 Å². The molecular formula is C17H14ClF3N2O2. The van der Waals surface area contributed by atoms with E-state index in [1.165, 1.54) is 11.8 Å². The lowest BCUT2D eigenvalue weighted by Crippen LogP contribution is -2.37. The lowest BCUT2D eigenvalue weighted by molar-refractivity contribution is -0.116. The van der Waals surface area contributed by atoms with Crippen molar-refractivity contribution >= 4 is 29.1 Å². The largest absolute Gasteiger partial charge is 0.350 e. The summed E-state index contributed by atoms with van der Waals surface area (Å²) >= 11 is 5.80. The van der Waals surface area contributed by atoms with Crippen molar-refractivity contribution in [2.45, 2.75) is 6.92 Å². The van der Waals surface area contributed by atoms with Crippen LogP contribution in [0.15, 0.2) is 36.4 Å². The number of hydrogen-bond acceptors (Lipinski definition) is 2. The van der Waals surface area contributed by atoms with Crippen molar-refractivity contribution in [2.75, 3.05) is 18.0 Å². The van der Waals surface area contributed by atoms with E-state index in [0.29, 0.717) is 16.8 Å². The molecule has 0 atom stereocenters. The van der Waals surface area contributed by atoms with Gasteiger partial charge in [0.15, 0.2) is 17.5 Å². The Labute approximate surface area is 147 Å². The van der Waals surface area contributed by atoms with Gasteiger partial charge in [-0.1, -0.05) is 11.6 Å². The third kappa shape index (κ3) is 4.51. The minimum Gasteiger partial charge on any atom is -0.350 e. The molecule has 2 aromatic carbocycles. The molecule has 132 valence electrons. The molecule has 0 unspecified atom stereocenters. The molecule has 0 radical (unpaired) electrons. The van der Waals surface area contributed by atoms with Crippen molar-refractivity contribution < 1.29 is 22.8 Å². The molecule has 2 rings (SSSR count). The predicted molar refractivity (Wildman–Crippen MR) is 88.1 cm³/mol. The second kappa shape index (κ2) is 8.02. The van der Waals surface area contributed by atoms with Gasteiger partial charge in [-0.05, 0) is 36.4 Å². The Hall–Kier alpha value is -2.54. The molecule has 0 saturated carbocycles. The Balaban J connectivity index is 2.02. The van der Waals surface area contributed by atoms with E-state index in [1.807, 2.05) is 0 Å². The number of benzene rings is 2. The van der Waals surface area contributed by atoms with E-state index in [1.54, 1.807) is 24.3 Å². The minimum atomic E-state index is -1.71. The average Bonchev–Trinajstić information content (AvgIpc) is 2.57. The van der Waals surface area contributed by atoms with Crippen molar-refractivity contribution in [2.24, 2.45) is 0 Å². The summed E-state index contributed by atoms with van der Waals surface area (Å²) in [4.78, 5) is 25.0. The van der Waals surface area contributed by atoms with E-state index in [0.717, 1.165) is 6.07 Å². The van der Waals surface area contributed by atoms with Gasteiger partial charge in [-0.25, -0.2) is 13.2 Å². The van der Waals surface area contributed by atoms with E-state index in [4.69, 9.17) is 11.6 Å². The maximum Gasteiger partial charge on any atom is 0.254 e. The van der Waals surface area contributed by atoms with E-state index >= 15 is 0 Å². The number of anilines is 1. The third-order valence-corrected chi connectivity index (χ3v) is 3.67. The molecule has 0 fully saturated rings.